The zero-order chi connectivity index (χ0) is 26.5. The number of piperazine rings is 1. The predicted molar refractivity (Wildman–Crippen MR) is 147 cm³/mol. The summed E-state index contributed by atoms with van der Waals surface area (Å²) < 4.78 is 12.4. The first kappa shape index (κ1) is 26.3. The van der Waals surface area contributed by atoms with E-state index >= 15 is 0 Å². The summed E-state index contributed by atoms with van der Waals surface area (Å²) in [5, 5.41) is 3.06. The Morgan fingerprint density at radius 2 is 1.57 bits per heavy atom. The number of rotatable bonds is 8. The number of methoxy groups -OCH3 is 2. The second kappa shape index (κ2) is 11.5. The van der Waals surface area contributed by atoms with Gasteiger partial charge in [0.15, 0.2) is 5.75 Å². The second-order valence-corrected chi connectivity index (χ2v) is 9.61. The molecule has 196 valence electrons. The molecule has 2 aromatic carbocycles. The average molecular weight is 505 g/mol. The van der Waals surface area contributed by atoms with Crippen molar-refractivity contribution in [3.05, 3.63) is 81.3 Å². The lowest BCUT2D eigenvalue weighted by Gasteiger charge is -2.36. The van der Waals surface area contributed by atoms with E-state index in [1.165, 1.54) is 12.8 Å². The summed E-state index contributed by atoms with van der Waals surface area (Å²) in [6.45, 7) is 10.1. The number of benzene rings is 2. The molecule has 0 bridgehead atoms. The number of amides is 1. The molecule has 37 heavy (non-hydrogen) atoms. The van der Waals surface area contributed by atoms with Crippen molar-refractivity contribution in [3.8, 4) is 11.5 Å². The van der Waals surface area contributed by atoms with E-state index in [9.17, 15) is 9.59 Å². The van der Waals surface area contributed by atoms with Gasteiger partial charge in [0.25, 0.3) is 0 Å². The lowest BCUT2D eigenvalue weighted by Crippen LogP contribution is -2.46. The zero-order valence-electron chi connectivity index (χ0n) is 22.3. The molecule has 0 spiro atoms. The number of nitrogens with one attached hydrogen (secondary N) is 1. The molecule has 1 aliphatic heterocycles. The van der Waals surface area contributed by atoms with Crippen LogP contribution in [0.25, 0.3) is 0 Å². The summed E-state index contributed by atoms with van der Waals surface area (Å²) in [6, 6.07) is 13.8. The zero-order valence-corrected chi connectivity index (χ0v) is 22.3. The highest BCUT2D eigenvalue weighted by Gasteiger charge is 2.20. The minimum absolute atomic E-state index is 0.0878. The number of ether oxygens (including phenoxy) is 2. The van der Waals surface area contributed by atoms with Gasteiger partial charge in [0.2, 0.25) is 11.3 Å². The molecule has 1 fully saturated rings. The van der Waals surface area contributed by atoms with Gasteiger partial charge in [-0.1, -0.05) is 17.7 Å². The highest BCUT2D eigenvalue weighted by Crippen LogP contribution is 2.23. The maximum atomic E-state index is 13.1. The molecule has 2 heterocycles. The van der Waals surface area contributed by atoms with Crippen LogP contribution in [-0.2, 0) is 17.9 Å². The molecule has 1 amide bonds. The molecule has 1 saturated heterocycles. The number of anilines is 2. The molecule has 8 heteroatoms. The third-order valence-electron chi connectivity index (χ3n) is 6.85. The van der Waals surface area contributed by atoms with Gasteiger partial charge < -0.3 is 24.3 Å². The average Bonchev–Trinajstić information content (AvgIpc) is 2.88. The molecule has 1 N–H and O–H groups in total. The number of hydrogen-bond acceptors (Lipinski definition) is 6. The molecule has 0 radical (unpaired) electrons. The molecule has 1 aromatic heterocycles. The second-order valence-electron chi connectivity index (χ2n) is 9.61. The Labute approximate surface area is 218 Å². The van der Waals surface area contributed by atoms with Gasteiger partial charge in [-0.2, -0.15) is 0 Å². The first-order chi connectivity index (χ1) is 17.8. The van der Waals surface area contributed by atoms with Gasteiger partial charge in [-0.15, -0.1) is 0 Å². The van der Waals surface area contributed by atoms with Gasteiger partial charge in [0.05, 0.1) is 20.4 Å². The van der Waals surface area contributed by atoms with E-state index in [1.807, 2.05) is 37.5 Å². The van der Waals surface area contributed by atoms with E-state index in [2.05, 4.69) is 39.4 Å². The van der Waals surface area contributed by atoms with E-state index in [4.69, 9.17) is 9.47 Å². The number of hydrogen-bond donors (Lipinski definition) is 1. The van der Waals surface area contributed by atoms with Gasteiger partial charge in [0.1, 0.15) is 12.3 Å². The number of pyridine rings is 1. The highest BCUT2D eigenvalue weighted by atomic mass is 16.5. The van der Waals surface area contributed by atoms with Gasteiger partial charge in [-0.3, -0.25) is 14.5 Å². The van der Waals surface area contributed by atoms with Crippen LogP contribution < -0.4 is 25.1 Å². The van der Waals surface area contributed by atoms with Crippen molar-refractivity contribution in [3.63, 3.8) is 0 Å². The Balaban J connectivity index is 1.46. The number of nitrogens with zero attached hydrogens (tertiary/aromatic N) is 3. The molecular formula is C29H36N4O4. The Kier molecular flexibility index (Phi) is 8.18. The Morgan fingerprint density at radius 3 is 2.16 bits per heavy atom. The van der Waals surface area contributed by atoms with Crippen molar-refractivity contribution in [2.45, 2.75) is 33.9 Å². The van der Waals surface area contributed by atoms with E-state index in [-0.39, 0.29) is 23.6 Å². The van der Waals surface area contributed by atoms with E-state index in [0.717, 1.165) is 60.0 Å². The summed E-state index contributed by atoms with van der Waals surface area (Å²) >= 11 is 0. The van der Waals surface area contributed by atoms with E-state index < -0.39 is 0 Å². The maximum absolute atomic E-state index is 13.1. The van der Waals surface area contributed by atoms with Crippen molar-refractivity contribution < 1.29 is 14.3 Å². The van der Waals surface area contributed by atoms with Crippen LogP contribution in [0.15, 0.2) is 53.5 Å². The summed E-state index contributed by atoms with van der Waals surface area (Å²) in [7, 11) is 3.14. The minimum atomic E-state index is -0.184. The van der Waals surface area contributed by atoms with Gasteiger partial charge >= 0.3 is 0 Å². The number of carbonyl (C=O) groups excluding carboxylic acids is 1. The standard InChI is InChI=1S/C29H36N4O4/c1-20-14-21(2)29(22(3)15-20)30-28(35)19-33-18-27(37-5)26(34)16-24(33)17-31-10-12-32(13-11-31)23-6-8-25(36-4)9-7-23/h6-9,14-16,18H,10-13,17,19H2,1-5H3,(H,30,35). The van der Waals surface area contributed by atoms with E-state index in [1.54, 1.807) is 19.4 Å². The van der Waals surface area contributed by atoms with Crippen LogP contribution in [0.3, 0.4) is 0 Å². The fourth-order valence-electron chi connectivity index (χ4n) is 4.93. The van der Waals surface area contributed by atoms with Crippen molar-refractivity contribution in [1.29, 1.82) is 0 Å². The molecule has 0 aliphatic carbocycles. The van der Waals surface area contributed by atoms with Gasteiger partial charge in [-0.25, -0.2) is 0 Å². The van der Waals surface area contributed by atoms with Crippen LogP contribution in [-0.4, -0.2) is 55.8 Å². The smallest absolute Gasteiger partial charge is 0.244 e. The Bertz CT molecular complexity index is 1290. The normalized spacial score (nSPS) is 13.9. The summed E-state index contributed by atoms with van der Waals surface area (Å²) in [5.41, 5.74) is 5.82. The van der Waals surface area contributed by atoms with Crippen molar-refractivity contribution in [2.24, 2.45) is 0 Å². The molecule has 1 aliphatic rings. The SMILES string of the molecule is COc1ccc(N2CCN(Cc3cc(=O)c(OC)cn3CC(=O)Nc3c(C)cc(C)cc3C)CC2)cc1. The van der Waals surface area contributed by atoms with Crippen molar-refractivity contribution in [2.75, 3.05) is 50.6 Å². The van der Waals surface area contributed by atoms with Crippen LogP contribution in [0.1, 0.15) is 22.4 Å². The molecular weight excluding hydrogens is 468 g/mol. The van der Waals surface area contributed by atoms with Crippen molar-refractivity contribution in [1.82, 2.24) is 9.47 Å². The molecule has 0 saturated carbocycles. The quantitative estimate of drug-likeness (QED) is 0.504. The Morgan fingerprint density at radius 1 is 0.919 bits per heavy atom. The highest BCUT2D eigenvalue weighted by molar-refractivity contribution is 5.92. The predicted octanol–water partition coefficient (Wildman–Crippen LogP) is 3.75. The van der Waals surface area contributed by atoms with Crippen LogP contribution >= 0.6 is 0 Å². The Hall–Kier alpha value is -3.78. The monoisotopic (exact) mass is 504 g/mol. The van der Waals surface area contributed by atoms with Gasteiger partial charge in [-0.05, 0) is 56.2 Å². The van der Waals surface area contributed by atoms with Crippen LogP contribution in [0.4, 0.5) is 11.4 Å². The first-order valence-corrected chi connectivity index (χ1v) is 12.5. The third-order valence-corrected chi connectivity index (χ3v) is 6.85. The molecule has 3 aromatic rings. The van der Waals surface area contributed by atoms with E-state index in [0.29, 0.717) is 6.54 Å². The van der Waals surface area contributed by atoms with Crippen molar-refractivity contribution >= 4 is 17.3 Å². The third kappa shape index (κ3) is 6.32. The fraction of sp³-hybridized carbons (Fsp3) is 0.379. The fourth-order valence-corrected chi connectivity index (χ4v) is 4.93. The number of aryl methyl sites for hydroxylation is 3. The van der Waals surface area contributed by atoms with Crippen LogP contribution in [0.2, 0.25) is 0 Å². The summed E-state index contributed by atoms with van der Waals surface area (Å²) in [6.07, 6.45) is 1.64. The number of carbonyl (C=O) groups is 1. The van der Waals surface area contributed by atoms with Crippen LogP contribution in [0, 0.1) is 20.8 Å². The molecule has 4 rings (SSSR count). The maximum Gasteiger partial charge on any atom is 0.244 e. The summed E-state index contributed by atoms with van der Waals surface area (Å²) in [5.74, 6) is 0.923. The lowest BCUT2D eigenvalue weighted by atomic mass is 10.1. The van der Waals surface area contributed by atoms with Crippen LogP contribution in [0.5, 0.6) is 11.5 Å². The molecule has 8 nitrogen and oxygen atoms in total. The summed E-state index contributed by atoms with van der Waals surface area (Å²) in [4.78, 5) is 30.3. The number of aromatic nitrogens is 1. The molecule has 0 unspecified atom stereocenters. The first-order valence-electron chi connectivity index (χ1n) is 12.5. The molecule has 0 atom stereocenters. The van der Waals surface area contributed by atoms with Gasteiger partial charge in [0, 0.05) is 55.9 Å². The lowest BCUT2D eigenvalue weighted by molar-refractivity contribution is -0.116. The topological polar surface area (TPSA) is 76.0 Å². The largest absolute Gasteiger partial charge is 0.497 e. The minimum Gasteiger partial charge on any atom is -0.497 e.